The zero-order valence-electron chi connectivity index (χ0n) is 8.42. The third-order valence-corrected chi connectivity index (χ3v) is 2.09. The summed E-state index contributed by atoms with van der Waals surface area (Å²) in [7, 11) is 0. The van der Waals surface area contributed by atoms with Gasteiger partial charge in [-0.25, -0.2) is 0 Å². The van der Waals surface area contributed by atoms with Crippen molar-refractivity contribution in [1.29, 1.82) is 0 Å². The second kappa shape index (κ2) is 6.43. The van der Waals surface area contributed by atoms with Crippen molar-refractivity contribution in [2.75, 3.05) is 13.2 Å². The van der Waals surface area contributed by atoms with Crippen LogP contribution >= 0.6 is 0 Å². The van der Waals surface area contributed by atoms with Crippen molar-refractivity contribution in [3.63, 3.8) is 0 Å². The highest BCUT2D eigenvalue weighted by Crippen LogP contribution is 2.06. The maximum atomic E-state index is 10.8. The number of rotatable bonds is 7. The third-order valence-electron chi connectivity index (χ3n) is 2.09. The van der Waals surface area contributed by atoms with E-state index in [9.17, 15) is 4.79 Å². The van der Waals surface area contributed by atoms with Crippen LogP contribution in [0.4, 0.5) is 0 Å². The molecule has 1 aliphatic heterocycles. The molecule has 4 nitrogen and oxygen atoms in total. The molecule has 0 fully saturated rings. The summed E-state index contributed by atoms with van der Waals surface area (Å²) in [6.45, 7) is 1.44. The summed E-state index contributed by atoms with van der Waals surface area (Å²) in [6.07, 6.45) is 6.63. The van der Waals surface area contributed by atoms with Crippen molar-refractivity contribution < 1.29 is 9.53 Å². The molecule has 0 aliphatic carbocycles. The van der Waals surface area contributed by atoms with E-state index in [1.54, 1.807) is 6.08 Å². The van der Waals surface area contributed by atoms with Gasteiger partial charge in [-0.2, -0.15) is 0 Å². The quantitative estimate of drug-likeness (QED) is 0.597. The number of nitrogens with two attached hydrogens (primary N) is 1. The van der Waals surface area contributed by atoms with Gasteiger partial charge in [-0.15, -0.1) is 0 Å². The van der Waals surface area contributed by atoms with Crippen LogP contribution < -0.4 is 11.1 Å². The molecule has 1 rings (SSSR count). The van der Waals surface area contributed by atoms with E-state index in [4.69, 9.17) is 10.5 Å². The van der Waals surface area contributed by atoms with Gasteiger partial charge in [0, 0.05) is 0 Å². The number of amides is 1. The first-order valence-electron chi connectivity index (χ1n) is 5.16. The van der Waals surface area contributed by atoms with E-state index in [1.807, 2.05) is 0 Å². The number of hydrogen-bond acceptors (Lipinski definition) is 3. The van der Waals surface area contributed by atoms with Crippen LogP contribution in [0.5, 0.6) is 0 Å². The van der Waals surface area contributed by atoms with Gasteiger partial charge >= 0.3 is 0 Å². The van der Waals surface area contributed by atoms with Gasteiger partial charge in [0.15, 0.2) is 5.88 Å². The van der Waals surface area contributed by atoms with E-state index in [-0.39, 0.29) is 5.91 Å². The normalized spacial score (nSPS) is 15.2. The summed E-state index contributed by atoms with van der Waals surface area (Å²) in [6, 6.07) is 0. The number of hydrogen-bond donors (Lipinski definition) is 2. The van der Waals surface area contributed by atoms with Crippen molar-refractivity contribution >= 4 is 5.91 Å². The Morgan fingerprint density at radius 1 is 1.36 bits per heavy atom. The molecule has 1 aliphatic rings. The van der Waals surface area contributed by atoms with Gasteiger partial charge in [0.25, 0.3) is 0 Å². The summed E-state index contributed by atoms with van der Waals surface area (Å²) in [5, 5.41) is 2.64. The van der Waals surface area contributed by atoms with Crippen LogP contribution in [0.15, 0.2) is 12.0 Å². The minimum absolute atomic E-state index is 0.0168. The average molecular weight is 198 g/mol. The predicted molar refractivity (Wildman–Crippen MR) is 54.3 cm³/mol. The fraction of sp³-hybridized carbons (Fsp3) is 0.700. The summed E-state index contributed by atoms with van der Waals surface area (Å²) >= 11 is 0. The Balaban J connectivity index is 1.91. The first-order chi connectivity index (χ1) is 6.83. The smallest absolute Gasteiger partial charge is 0.230 e. The molecule has 0 bridgehead atoms. The van der Waals surface area contributed by atoms with E-state index in [0.717, 1.165) is 32.2 Å². The Hall–Kier alpha value is -1.03. The topological polar surface area (TPSA) is 64.3 Å². The van der Waals surface area contributed by atoms with Gasteiger partial charge < -0.3 is 10.5 Å². The summed E-state index contributed by atoms with van der Waals surface area (Å²) < 4.78 is 5.35. The average Bonchev–Trinajstić information content (AvgIpc) is 2.58. The van der Waals surface area contributed by atoms with Gasteiger partial charge in [-0.3, -0.25) is 10.1 Å². The van der Waals surface area contributed by atoms with Crippen molar-refractivity contribution in [3.8, 4) is 0 Å². The Morgan fingerprint density at radius 3 is 2.79 bits per heavy atom. The molecule has 0 aromatic heterocycles. The predicted octanol–water partition coefficient (Wildman–Crippen LogP) is 0.883. The third kappa shape index (κ3) is 4.28. The fourth-order valence-corrected chi connectivity index (χ4v) is 1.30. The lowest BCUT2D eigenvalue weighted by atomic mass is 10.2. The zero-order valence-corrected chi connectivity index (χ0v) is 8.42. The molecular formula is C10H18N2O2. The monoisotopic (exact) mass is 198 g/mol. The summed E-state index contributed by atoms with van der Waals surface area (Å²) in [5.41, 5.74) is 5.37. The van der Waals surface area contributed by atoms with E-state index < -0.39 is 0 Å². The molecule has 80 valence electrons. The first kappa shape index (κ1) is 11.0. The number of carbonyl (C=O) groups is 1. The summed E-state index contributed by atoms with van der Waals surface area (Å²) in [5.74, 6) is 0.636. The Bertz CT molecular complexity index is 214. The molecule has 3 N–H and O–H groups in total. The van der Waals surface area contributed by atoms with Crippen LogP contribution in [0.3, 0.4) is 0 Å². The summed E-state index contributed by atoms with van der Waals surface area (Å²) in [4.78, 5) is 10.8. The molecule has 0 spiro atoms. The number of unbranched alkanes of at least 4 members (excludes halogenated alkanes) is 3. The van der Waals surface area contributed by atoms with Crippen LogP contribution in [-0.4, -0.2) is 19.1 Å². The van der Waals surface area contributed by atoms with Gasteiger partial charge in [0.1, 0.15) is 0 Å². The lowest BCUT2D eigenvalue weighted by Gasteiger charge is -2.06. The molecule has 0 saturated heterocycles. The molecule has 0 aromatic rings. The number of ether oxygens (including phenoxy) is 1. The standard InChI is InChI=1S/C10H18N2O2/c11-7-3-1-2-4-8-14-10-6-5-9(13)12-10/h6H,1-5,7-8,11H2,(H,12,13). The van der Waals surface area contributed by atoms with Crippen LogP contribution in [0.1, 0.15) is 32.1 Å². The zero-order chi connectivity index (χ0) is 10.2. The molecule has 0 atom stereocenters. The van der Waals surface area contributed by atoms with E-state index in [2.05, 4.69) is 5.32 Å². The highest BCUT2D eigenvalue weighted by molar-refractivity contribution is 5.81. The van der Waals surface area contributed by atoms with Crippen LogP contribution in [0.25, 0.3) is 0 Å². The van der Waals surface area contributed by atoms with Gasteiger partial charge in [-0.1, -0.05) is 12.8 Å². The highest BCUT2D eigenvalue weighted by atomic mass is 16.5. The highest BCUT2D eigenvalue weighted by Gasteiger charge is 2.11. The minimum atomic E-state index is 0.0168. The van der Waals surface area contributed by atoms with Crippen LogP contribution in [0, 0.1) is 0 Å². The SMILES string of the molecule is NCCCCCCOC1=CCC(=O)N1. The van der Waals surface area contributed by atoms with E-state index in [1.165, 1.54) is 0 Å². The maximum Gasteiger partial charge on any atom is 0.230 e. The first-order valence-corrected chi connectivity index (χ1v) is 5.16. The molecule has 0 aromatic carbocycles. The van der Waals surface area contributed by atoms with Crippen molar-refractivity contribution in [2.45, 2.75) is 32.1 Å². The van der Waals surface area contributed by atoms with Crippen molar-refractivity contribution in [3.05, 3.63) is 12.0 Å². The molecule has 0 saturated carbocycles. The second-order valence-corrected chi connectivity index (χ2v) is 3.37. The second-order valence-electron chi connectivity index (χ2n) is 3.37. The Labute approximate surface area is 84.5 Å². The van der Waals surface area contributed by atoms with Gasteiger partial charge in [0.2, 0.25) is 5.91 Å². The van der Waals surface area contributed by atoms with E-state index >= 15 is 0 Å². The molecule has 0 radical (unpaired) electrons. The fourth-order valence-electron chi connectivity index (χ4n) is 1.30. The molecular weight excluding hydrogens is 180 g/mol. The van der Waals surface area contributed by atoms with E-state index in [0.29, 0.717) is 18.9 Å². The largest absolute Gasteiger partial charge is 0.479 e. The maximum absolute atomic E-state index is 10.8. The molecule has 4 heteroatoms. The van der Waals surface area contributed by atoms with Crippen LogP contribution in [0.2, 0.25) is 0 Å². The number of nitrogens with one attached hydrogen (secondary N) is 1. The van der Waals surface area contributed by atoms with Crippen molar-refractivity contribution in [2.24, 2.45) is 5.73 Å². The molecule has 1 heterocycles. The number of carbonyl (C=O) groups excluding carboxylic acids is 1. The lowest BCUT2D eigenvalue weighted by molar-refractivity contribution is -0.119. The molecule has 0 unspecified atom stereocenters. The van der Waals surface area contributed by atoms with Gasteiger partial charge in [-0.05, 0) is 25.5 Å². The Morgan fingerprint density at radius 2 is 2.14 bits per heavy atom. The minimum Gasteiger partial charge on any atom is -0.479 e. The molecule has 1 amide bonds. The van der Waals surface area contributed by atoms with Crippen molar-refractivity contribution in [1.82, 2.24) is 5.32 Å². The van der Waals surface area contributed by atoms with Gasteiger partial charge in [0.05, 0.1) is 13.0 Å². The molecule has 14 heavy (non-hydrogen) atoms. The van der Waals surface area contributed by atoms with Crippen LogP contribution in [-0.2, 0) is 9.53 Å². The Kier molecular flexibility index (Phi) is 5.07. The lowest BCUT2D eigenvalue weighted by Crippen LogP contribution is -2.17.